The maximum atomic E-state index is 6.77. The van der Waals surface area contributed by atoms with Gasteiger partial charge in [-0.3, -0.25) is 0 Å². The van der Waals surface area contributed by atoms with E-state index in [0.29, 0.717) is 0 Å². The molecule has 1 heterocycles. The van der Waals surface area contributed by atoms with Crippen LogP contribution in [-0.2, 0) is 0 Å². The first-order valence-electron chi connectivity index (χ1n) is 15.5. The highest BCUT2D eigenvalue weighted by Gasteiger charge is 2.23. The fourth-order valence-electron chi connectivity index (χ4n) is 7.54. The van der Waals surface area contributed by atoms with Gasteiger partial charge in [-0.25, -0.2) is 0 Å². The Morgan fingerprint density at radius 1 is 0.311 bits per heavy atom. The van der Waals surface area contributed by atoms with Crippen molar-refractivity contribution in [1.29, 1.82) is 0 Å². The summed E-state index contributed by atoms with van der Waals surface area (Å²) in [5.74, 6) is 1.82. The van der Waals surface area contributed by atoms with Crippen LogP contribution in [0.15, 0.2) is 158 Å². The molecule has 0 saturated carbocycles. The van der Waals surface area contributed by atoms with Crippen molar-refractivity contribution in [3.8, 4) is 56.0 Å². The summed E-state index contributed by atoms with van der Waals surface area (Å²) in [6, 6.07) is 57.3. The summed E-state index contributed by atoms with van der Waals surface area (Å²) in [4.78, 5) is 0. The lowest BCUT2D eigenvalue weighted by molar-refractivity contribution is 0.489. The van der Waals surface area contributed by atoms with E-state index in [4.69, 9.17) is 4.74 Å². The Morgan fingerprint density at radius 3 is 1.71 bits per heavy atom. The molecule has 208 valence electrons. The van der Waals surface area contributed by atoms with Gasteiger partial charge in [0, 0.05) is 16.5 Å². The highest BCUT2D eigenvalue weighted by Crippen LogP contribution is 2.51. The molecule has 9 aromatic carbocycles. The van der Waals surface area contributed by atoms with E-state index in [1.54, 1.807) is 0 Å². The third-order valence-electron chi connectivity index (χ3n) is 9.57. The Labute approximate surface area is 260 Å². The zero-order valence-electron chi connectivity index (χ0n) is 24.4. The van der Waals surface area contributed by atoms with Crippen LogP contribution in [0.4, 0.5) is 0 Å². The second kappa shape index (κ2) is 9.29. The summed E-state index contributed by atoms with van der Waals surface area (Å²) in [5, 5.41) is 10.2. The minimum atomic E-state index is 0.911. The lowest BCUT2D eigenvalue weighted by atomic mass is 9.87. The van der Waals surface area contributed by atoms with Gasteiger partial charge < -0.3 is 4.74 Å². The van der Waals surface area contributed by atoms with E-state index < -0.39 is 0 Å². The van der Waals surface area contributed by atoms with Crippen molar-refractivity contribution < 1.29 is 4.74 Å². The highest BCUT2D eigenvalue weighted by molar-refractivity contribution is 6.25. The molecule has 0 spiro atoms. The van der Waals surface area contributed by atoms with Gasteiger partial charge in [0.15, 0.2) is 0 Å². The van der Waals surface area contributed by atoms with Crippen LogP contribution in [0, 0.1) is 0 Å². The molecule has 0 atom stereocenters. The molecule has 1 heteroatoms. The van der Waals surface area contributed by atoms with E-state index in [0.717, 1.165) is 28.2 Å². The molecular formula is C44H26O. The minimum Gasteiger partial charge on any atom is -0.455 e. The van der Waals surface area contributed by atoms with Gasteiger partial charge in [-0.15, -0.1) is 0 Å². The zero-order chi connectivity index (χ0) is 29.5. The molecule has 0 fully saturated rings. The van der Waals surface area contributed by atoms with Gasteiger partial charge in [-0.2, -0.15) is 0 Å². The smallest absolute Gasteiger partial charge is 0.143 e. The van der Waals surface area contributed by atoms with Gasteiger partial charge >= 0.3 is 0 Å². The molecule has 1 aliphatic rings. The number of benzene rings is 9. The number of fused-ring (bicyclic) bond motifs is 2. The van der Waals surface area contributed by atoms with Crippen LogP contribution in [-0.4, -0.2) is 0 Å². The largest absolute Gasteiger partial charge is 0.455 e. The molecule has 0 N–H and O–H groups in total. The Kier molecular flexibility index (Phi) is 5.06. The Hall–Kier alpha value is -5.92. The van der Waals surface area contributed by atoms with Crippen LogP contribution < -0.4 is 4.74 Å². The first-order chi connectivity index (χ1) is 22.3. The van der Waals surface area contributed by atoms with Crippen molar-refractivity contribution in [3.05, 3.63) is 158 Å². The lowest BCUT2D eigenvalue weighted by Gasteiger charge is -2.24. The van der Waals surface area contributed by atoms with E-state index >= 15 is 0 Å². The van der Waals surface area contributed by atoms with E-state index in [1.165, 1.54) is 70.9 Å². The summed E-state index contributed by atoms with van der Waals surface area (Å²) in [6.45, 7) is 0. The van der Waals surface area contributed by atoms with Gasteiger partial charge in [0.1, 0.15) is 11.5 Å². The average Bonchev–Trinajstić information content (AvgIpc) is 3.11. The Bertz CT molecular complexity index is 2590. The molecule has 9 aromatic rings. The van der Waals surface area contributed by atoms with Crippen LogP contribution in [0.5, 0.6) is 11.5 Å². The first kappa shape index (κ1) is 24.5. The fourth-order valence-corrected chi connectivity index (χ4v) is 7.54. The summed E-state index contributed by atoms with van der Waals surface area (Å²) in [6.07, 6.45) is 0. The molecule has 1 nitrogen and oxygen atoms in total. The summed E-state index contributed by atoms with van der Waals surface area (Å²) >= 11 is 0. The molecule has 0 amide bonds. The fraction of sp³-hybridized carbons (Fsp3) is 0. The van der Waals surface area contributed by atoms with E-state index in [1.807, 2.05) is 0 Å². The van der Waals surface area contributed by atoms with Crippen molar-refractivity contribution >= 4 is 43.1 Å². The molecule has 0 unspecified atom stereocenters. The zero-order valence-corrected chi connectivity index (χ0v) is 24.4. The molecule has 45 heavy (non-hydrogen) atoms. The Balaban J connectivity index is 1.25. The van der Waals surface area contributed by atoms with Crippen LogP contribution in [0.25, 0.3) is 87.6 Å². The van der Waals surface area contributed by atoms with Crippen LogP contribution in [0.1, 0.15) is 0 Å². The number of hydrogen-bond acceptors (Lipinski definition) is 1. The summed E-state index contributed by atoms with van der Waals surface area (Å²) < 4.78 is 6.77. The predicted octanol–water partition coefficient (Wildman–Crippen LogP) is 12.5. The predicted molar refractivity (Wildman–Crippen MR) is 189 cm³/mol. The van der Waals surface area contributed by atoms with E-state index in [-0.39, 0.29) is 0 Å². The van der Waals surface area contributed by atoms with Gasteiger partial charge in [-0.05, 0) is 95.3 Å². The maximum Gasteiger partial charge on any atom is 0.143 e. The minimum absolute atomic E-state index is 0.911. The number of ether oxygens (including phenoxy) is 1. The molecule has 0 saturated heterocycles. The molecular weight excluding hydrogens is 544 g/mol. The number of hydrogen-bond donors (Lipinski definition) is 0. The van der Waals surface area contributed by atoms with Crippen molar-refractivity contribution in [1.82, 2.24) is 0 Å². The maximum absolute atomic E-state index is 6.77. The molecule has 0 bridgehead atoms. The molecule has 1 aliphatic heterocycles. The van der Waals surface area contributed by atoms with Gasteiger partial charge in [0.25, 0.3) is 0 Å². The van der Waals surface area contributed by atoms with Gasteiger partial charge in [0.2, 0.25) is 0 Å². The van der Waals surface area contributed by atoms with Crippen LogP contribution in [0.3, 0.4) is 0 Å². The third-order valence-corrected chi connectivity index (χ3v) is 9.57. The summed E-state index contributed by atoms with van der Waals surface area (Å²) in [5.41, 5.74) is 9.39. The van der Waals surface area contributed by atoms with Gasteiger partial charge in [0.05, 0.1) is 0 Å². The monoisotopic (exact) mass is 570 g/mol. The van der Waals surface area contributed by atoms with Crippen molar-refractivity contribution in [3.63, 3.8) is 0 Å². The average molecular weight is 571 g/mol. The first-order valence-corrected chi connectivity index (χ1v) is 15.5. The van der Waals surface area contributed by atoms with Crippen molar-refractivity contribution in [2.75, 3.05) is 0 Å². The van der Waals surface area contributed by atoms with Crippen molar-refractivity contribution in [2.45, 2.75) is 0 Å². The molecule has 0 radical (unpaired) electrons. The number of para-hydroxylation sites is 1. The molecule has 0 aromatic heterocycles. The second-order valence-corrected chi connectivity index (χ2v) is 12.1. The van der Waals surface area contributed by atoms with E-state index in [9.17, 15) is 0 Å². The lowest BCUT2D eigenvalue weighted by Crippen LogP contribution is -1.99. The van der Waals surface area contributed by atoms with E-state index in [2.05, 4.69) is 158 Å². The molecule has 0 aliphatic carbocycles. The standard InChI is InChI=1S/C44H26O/c1-2-8-27(9-3-1)32-24-33(35-22-20-31-19-18-29-10-4-11-30-21-23-38(35)43(31)41(29)30)26-34(25-32)36-14-7-16-39-37-15-5-12-28-13-6-17-40(42(28)37)45-44(36)39/h1-26H. The summed E-state index contributed by atoms with van der Waals surface area (Å²) in [7, 11) is 0. The highest BCUT2D eigenvalue weighted by atomic mass is 16.5. The molecule has 10 rings (SSSR count). The third kappa shape index (κ3) is 3.62. The SMILES string of the molecule is c1ccc(-c2cc(-c3cccc4c3Oc3cccc5cccc-4c35)cc(-c3ccc4ccc5cccc6ccc3c4c56)c2)cc1. The Morgan fingerprint density at radius 2 is 0.889 bits per heavy atom. The normalized spacial score (nSPS) is 12.2. The van der Waals surface area contributed by atoms with Crippen molar-refractivity contribution in [2.24, 2.45) is 0 Å². The quantitative estimate of drug-likeness (QED) is 0.192. The van der Waals surface area contributed by atoms with Crippen LogP contribution >= 0.6 is 0 Å². The van der Waals surface area contributed by atoms with Gasteiger partial charge in [-0.1, -0.05) is 133 Å². The second-order valence-electron chi connectivity index (χ2n) is 12.1. The topological polar surface area (TPSA) is 9.23 Å². The number of rotatable bonds is 3. The van der Waals surface area contributed by atoms with Crippen LogP contribution in [0.2, 0.25) is 0 Å².